The second-order valence-corrected chi connectivity index (χ2v) is 8.26. The number of hydrogen-bond acceptors (Lipinski definition) is 5. The molecule has 1 N–H and O–H groups in total. The Hall–Kier alpha value is -4.14. The molecular weight excluding hydrogens is 451 g/mol. The van der Waals surface area contributed by atoms with Crippen molar-refractivity contribution in [3.63, 3.8) is 0 Å². The Morgan fingerprint density at radius 1 is 1.09 bits per heavy atom. The number of fused-ring (bicyclic) bond motifs is 1. The summed E-state index contributed by atoms with van der Waals surface area (Å²) in [5.74, 6) is 0.451. The maximum Gasteiger partial charge on any atom is 0.255 e. The van der Waals surface area contributed by atoms with Gasteiger partial charge < -0.3 is 14.8 Å². The van der Waals surface area contributed by atoms with E-state index in [1.54, 1.807) is 49.2 Å². The van der Waals surface area contributed by atoms with Crippen LogP contribution in [0.1, 0.15) is 23.2 Å². The minimum Gasteiger partial charge on any atom is -0.493 e. The summed E-state index contributed by atoms with van der Waals surface area (Å²) in [5, 5.41) is 8.22. The van der Waals surface area contributed by atoms with E-state index in [2.05, 4.69) is 10.4 Å². The van der Waals surface area contributed by atoms with Crippen molar-refractivity contribution in [2.24, 2.45) is 7.05 Å². The zero-order chi connectivity index (χ0) is 25.3. The zero-order valence-corrected chi connectivity index (χ0v) is 20.3. The average molecular weight is 479 g/mol. The third kappa shape index (κ3) is 4.49. The second kappa shape index (κ2) is 9.61. The van der Waals surface area contributed by atoms with E-state index in [1.165, 1.54) is 23.8 Å². The van der Waals surface area contributed by atoms with Gasteiger partial charge in [-0.05, 0) is 56.2 Å². The number of halogens is 1. The summed E-state index contributed by atoms with van der Waals surface area (Å²) in [6.07, 6.45) is 0.380. The highest BCUT2D eigenvalue weighted by atomic mass is 19.1. The molecule has 182 valence electrons. The molecule has 2 aromatic carbocycles. The number of rotatable bonds is 7. The van der Waals surface area contributed by atoms with Gasteiger partial charge in [0.25, 0.3) is 5.56 Å². The normalized spacial score (nSPS) is 11.0. The molecule has 8 nitrogen and oxygen atoms in total. The molecule has 2 heterocycles. The number of nitrogens with zero attached hydrogens (tertiary/aromatic N) is 3. The van der Waals surface area contributed by atoms with Gasteiger partial charge in [-0.25, -0.2) is 9.07 Å². The molecular formula is C26H27FN4O4. The number of carbonyl (C=O) groups excluding carboxylic acids is 1. The molecule has 0 saturated carbocycles. The van der Waals surface area contributed by atoms with E-state index in [0.29, 0.717) is 39.8 Å². The molecule has 0 aliphatic heterocycles. The maximum absolute atomic E-state index is 13.8. The van der Waals surface area contributed by atoms with Crippen LogP contribution in [0.4, 0.5) is 10.1 Å². The first-order chi connectivity index (χ1) is 16.7. The lowest BCUT2D eigenvalue weighted by Crippen LogP contribution is -2.25. The van der Waals surface area contributed by atoms with Gasteiger partial charge in [-0.3, -0.25) is 14.2 Å². The largest absolute Gasteiger partial charge is 0.493 e. The van der Waals surface area contributed by atoms with Crippen LogP contribution in [-0.4, -0.2) is 34.5 Å². The smallest absolute Gasteiger partial charge is 0.255 e. The number of anilines is 1. The lowest BCUT2D eigenvalue weighted by atomic mass is 10.0. The molecule has 0 fully saturated rings. The van der Waals surface area contributed by atoms with E-state index in [-0.39, 0.29) is 30.1 Å². The van der Waals surface area contributed by atoms with Crippen LogP contribution in [0, 0.1) is 19.7 Å². The molecule has 0 unspecified atom stereocenters. The van der Waals surface area contributed by atoms with Crippen molar-refractivity contribution in [1.29, 1.82) is 0 Å². The quantitative estimate of drug-likeness (QED) is 0.433. The highest BCUT2D eigenvalue weighted by Gasteiger charge is 2.20. The number of benzene rings is 2. The number of nitrogens with one attached hydrogen (secondary N) is 1. The Balaban J connectivity index is 1.63. The number of carbonyl (C=O) groups is 1. The number of pyridine rings is 1. The molecule has 4 rings (SSSR count). The predicted octanol–water partition coefficient (Wildman–Crippen LogP) is 4.07. The number of aryl methyl sites for hydroxylation is 3. The molecule has 0 radical (unpaired) electrons. The summed E-state index contributed by atoms with van der Waals surface area (Å²) in [7, 11) is 4.73. The summed E-state index contributed by atoms with van der Waals surface area (Å²) in [5.41, 5.74) is 3.49. The van der Waals surface area contributed by atoms with Crippen LogP contribution in [0.2, 0.25) is 0 Å². The van der Waals surface area contributed by atoms with Crippen molar-refractivity contribution in [2.45, 2.75) is 26.7 Å². The molecule has 0 spiro atoms. The minimum atomic E-state index is -0.386. The minimum absolute atomic E-state index is 0.118. The number of ether oxygens (including phenoxy) is 2. The van der Waals surface area contributed by atoms with Gasteiger partial charge in [0.15, 0.2) is 11.5 Å². The SMILES string of the molecule is COc1ccc(NC(=O)CCc2c(C)c3c(C)nn(-c4cccc(F)c4)c3n(C)c2=O)cc1OC. The maximum atomic E-state index is 13.8. The van der Waals surface area contributed by atoms with Crippen molar-refractivity contribution in [3.8, 4) is 17.2 Å². The van der Waals surface area contributed by atoms with Gasteiger partial charge >= 0.3 is 0 Å². The lowest BCUT2D eigenvalue weighted by molar-refractivity contribution is -0.116. The number of methoxy groups -OCH3 is 2. The Morgan fingerprint density at radius 3 is 2.51 bits per heavy atom. The highest BCUT2D eigenvalue weighted by Crippen LogP contribution is 2.30. The molecule has 0 atom stereocenters. The Labute approximate surface area is 201 Å². The summed E-state index contributed by atoms with van der Waals surface area (Å²) >= 11 is 0. The van der Waals surface area contributed by atoms with Gasteiger partial charge in [-0.2, -0.15) is 5.10 Å². The van der Waals surface area contributed by atoms with E-state index < -0.39 is 0 Å². The average Bonchev–Trinajstić information content (AvgIpc) is 3.20. The van der Waals surface area contributed by atoms with Crippen LogP contribution in [0.3, 0.4) is 0 Å². The molecule has 0 saturated heterocycles. The molecule has 2 aromatic heterocycles. The summed E-state index contributed by atoms with van der Waals surface area (Å²) in [6.45, 7) is 3.71. The Bertz CT molecular complexity index is 1490. The standard InChI is InChI=1S/C26H27FN4O4/c1-15-20(10-12-23(32)28-18-9-11-21(34-4)22(14-18)35-5)26(33)30(3)25-24(15)16(2)29-31(25)19-8-6-7-17(27)13-19/h6-9,11,13-14H,10,12H2,1-5H3,(H,28,32). The van der Waals surface area contributed by atoms with Crippen LogP contribution < -0.4 is 20.3 Å². The molecule has 0 aliphatic rings. The van der Waals surface area contributed by atoms with Gasteiger partial charge in [0, 0.05) is 36.2 Å². The van der Waals surface area contributed by atoms with Gasteiger partial charge in [0.05, 0.1) is 25.6 Å². The number of hydrogen-bond donors (Lipinski definition) is 1. The van der Waals surface area contributed by atoms with E-state index >= 15 is 0 Å². The van der Waals surface area contributed by atoms with Gasteiger partial charge in [-0.15, -0.1) is 0 Å². The predicted molar refractivity (Wildman–Crippen MR) is 132 cm³/mol. The van der Waals surface area contributed by atoms with E-state index in [4.69, 9.17) is 9.47 Å². The summed E-state index contributed by atoms with van der Waals surface area (Å²) in [4.78, 5) is 25.9. The van der Waals surface area contributed by atoms with Crippen LogP contribution >= 0.6 is 0 Å². The summed E-state index contributed by atoms with van der Waals surface area (Å²) in [6, 6.07) is 11.2. The topological polar surface area (TPSA) is 87.4 Å². The van der Waals surface area contributed by atoms with Crippen LogP contribution in [-0.2, 0) is 18.3 Å². The van der Waals surface area contributed by atoms with Crippen molar-refractivity contribution < 1.29 is 18.7 Å². The Morgan fingerprint density at radius 2 is 1.83 bits per heavy atom. The van der Waals surface area contributed by atoms with Crippen molar-refractivity contribution >= 4 is 22.6 Å². The van der Waals surface area contributed by atoms with E-state index in [0.717, 1.165) is 10.9 Å². The molecule has 1 amide bonds. The number of aromatic nitrogens is 3. The molecule has 0 aliphatic carbocycles. The first-order valence-electron chi connectivity index (χ1n) is 11.1. The van der Waals surface area contributed by atoms with Gasteiger partial charge in [0.2, 0.25) is 5.91 Å². The first-order valence-corrected chi connectivity index (χ1v) is 11.1. The van der Waals surface area contributed by atoms with Crippen LogP contribution in [0.25, 0.3) is 16.7 Å². The fourth-order valence-electron chi connectivity index (χ4n) is 4.33. The van der Waals surface area contributed by atoms with Crippen molar-refractivity contribution in [2.75, 3.05) is 19.5 Å². The Kier molecular flexibility index (Phi) is 6.59. The zero-order valence-electron chi connectivity index (χ0n) is 20.3. The third-order valence-corrected chi connectivity index (χ3v) is 6.07. The van der Waals surface area contributed by atoms with E-state index in [9.17, 15) is 14.0 Å². The second-order valence-electron chi connectivity index (χ2n) is 8.26. The van der Waals surface area contributed by atoms with Crippen molar-refractivity contribution in [3.05, 3.63) is 75.5 Å². The highest BCUT2D eigenvalue weighted by molar-refractivity contribution is 5.91. The van der Waals surface area contributed by atoms with Crippen molar-refractivity contribution in [1.82, 2.24) is 14.3 Å². The monoisotopic (exact) mass is 478 g/mol. The third-order valence-electron chi connectivity index (χ3n) is 6.07. The van der Waals surface area contributed by atoms with Gasteiger partial charge in [-0.1, -0.05) is 6.07 Å². The fraction of sp³-hybridized carbons (Fsp3) is 0.269. The van der Waals surface area contributed by atoms with Crippen LogP contribution in [0.5, 0.6) is 11.5 Å². The van der Waals surface area contributed by atoms with E-state index in [1.807, 2.05) is 13.8 Å². The molecule has 9 heteroatoms. The molecule has 4 aromatic rings. The number of amides is 1. The molecule has 35 heavy (non-hydrogen) atoms. The lowest BCUT2D eigenvalue weighted by Gasteiger charge is -2.13. The first kappa shape index (κ1) is 24.0. The van der Waals surface area contributed by atoms with Gasteiger partial charge in [0.1, 0.15) is 11.5 Å². The molecule has 0 bridgehead atoms. The van der Waals surface area contributed by atoms with Crippen LogP contribution in [0.15, 0.2) is 47.3 Å². The fourth-order valence-corrected chi connectivity index (χ4v) is 4.33. The summed E-state index contributed by atoms with van der Waals surface area (Å²) < 4.78 is 27.4.